The lowest BCUT2D eigenvalue weighted by molar-refractivity contribution is 0.0674. The second kappa shape index (κ2) is 4.55. The normalized spacial score (nSPS) is 16.8. The van der Waals surface area contributed by atoms with Crippen LogP contribution in [0.1, 0.15) is 43.1 Å². The predicted molar refractivity (Wildman–Crippen MR) is 69.7 cm³/mol. The van der Waals surface area contributed by atoms with Crippen LogP contribution in [0.4, 0.5) is 0 Å². The van der Waals surface area contributed by atoms with Gasteiger partial charge in [0.15, 0.2) is 11.5 Å². The van der Waals surface area contributed by atoms with E-state index < -0.39 is 29.5 Å². The van der Waals surface area contributed by atoms with Crippen molar-refractivity contribution >= 4 is 17.7 Å². The van der Waals surface area contributed by atoms with E-state index in [0.717, 1.165) is 16.3 Å². The summed E-state index contributed by atoms with van der Waals surface area (Å²) in [5.41, 5.74) is 0.954. The smallest absolute Gasteiger partial charge is 0.372 e. The number of carboxylic acids is 2. The Morgan fingerprint density at radius 2 is 1.90 bits per heavy atom. The Morgan fingerprint density at radius 1 is 1.19 bits per heavy atom. The van der Waals surface area contributed by atoms with E-state index in [-0.39, 0.29) is 5.78 Å². The van der Waals surface area contributed by atoms with Gasteiger partial charge in [0.2, 0.25) is 5.82 Å². The largest absolute Gasteiger partial charge is 0.476 e. The molecule has 1 aromatic heterocycles. The molecule has 21 heavy (non-hydrogen) atoms. The fourth-order valence-corrected chi connectivity index (χ4v) is 2.54. The molecule has 3 rings (SSSR count). The Morgan fingerprint density at radius 3 is 2.52 bits per heavy atom. The number of rotatable bonds is 3. The number of aromatic nitrogens is 2. The molecule has 0 fully saturated rings. The number of carbonyl (C=O) groups is 3. The van der Waals surface area contributed by atoms with Crippen molar-refractivity contribution in [2.45, 2.75) is 12.5 Å². The van der Waals surface area contributed by atoms with Crippen molar-refractivity contribution in [2.24, 2.45) is 0 Å². The van der Waals surface area contributed by atoms with Crippen LogP contribution in [0.5, 0.6) is 0 Å². The van der Waals surface area contributed by atoms with Gasteiger partial charge in [-0.05, 0) is 5.56 Å². The third-order valence-corrected chi connectivity index (χ3v) is 3.48. The van der Waals surface area contributed by atoms with Crippen molar-refractivity contribution in [3.8, 4) is 0 Å². The number of fused-ring (bicyclic) bond motifs is 1. The SMILES string of the molecule is O=C(O)c1cn(C2Cc3ccccc3C2=O)c(C(=O)O)n1. The van der Waals surface area contributed by atoms with Crippen LogP contribution in [0.15, 0.2) is 30.5 Å². The van der Waals surface area contributed by atoms with Crippen molar-refractivity contribution in [1.29, 1.82) is 0 Å². The monoisotopic (exact) mass is 286 g/mol. The van der Waals surface area contributed by atoms with Gasteiger partial charge in [-0.15, -0.1) is 0 Å². The number of nitrogens with zero attached hydrogens (tertiary/aromatic N) is 2. The molecular formula is C14H10N2O5. The maximum Gasteiger partial charge on any atom is 0.372 e. The number of ketones is 1. The number of carbonyl (C=O) groups excluding carboxylic acids is 1. The molecular weight excluding hydrogens is 276 g/mol. The van der Waals surface area contributed by atoms with Gasteiger partial charge in [-0.25, -0.2) is 14.6 Å². The highest BCUT2D eigenvalue weighted by atomic mass is 16.4. The van der Waals surface area contributed by atoms with E-state index in [2.05, 4.69) is 4.98 Å². The molecule has 1 heterocycles. The van der Waals surface area contributed by atoms with Gasteiger partial charge < -0.3 is 14.8 Å². The van der Waals surface area contributed by atoms with Crippen LogP contribution in [0.2, 0.25) is 0 Å². The summed E-state index contributed by atoms with van der Waals surface area (Å²) in [6, 6.07) is 6.22. The van der Waals surface area contributed by atoms with Gasteiger partial charge >= 0.3 is 11.9 Å². The third-order valence-electron chi connectivity index (χ3n) is 3.48. The molecule has 7 nitrogen and oxygen atoms in total. The van der Waals surface area contributed by atoms with E-state index in [4.69, 9.17) is 10.2 Å². The van der Waals surface area contributed by atoms with Gasteiger partial charge in [0.05, 0.1) is 0 Å². The Balaban J connectivity index is 2.08. The topological polar surface area (TPSA) is 109 Å². The first-order valence-corrected chi connectivity index (χ1v) is 6.16. The number of imidazole rings is 1. The van der Waals surface area contributed by atoms with Gasteiger partial charge in [-0.2, -0.15) is 0 Å². The van der Waals surface area contributed by atoms with E-state index in [1.807, 2.05) is 0 Å². The number of carboxylic acid groups (broad SMARTS) is 2. The molecule has 2 N–H and O–H groups in total. The standard InChI is InChI=1S/C14H10N2O5/c17-11-8-4-2-1-3-7(8)5-10(11)16-6-9(13(18)19)15-12(16)14(20)21/h1-4,6,10H,5H2,(H,18,19)(H,20,21). The Kier molecular flexibility index (Phi) is 2.83. The zero-order chi connectivity index (χ0) is 15.1. The molecule has 0 spiro atoms. The van der Waals surface area contributed by atoms with E-state index in [1.165, 1.54) is 0 Å². The number of hydrogen-bond donors (Lipinski definition) is 2. The van der Waals surface area contributed by atoms with Gasteiger partial charge in [0.1, 0.15) is 6.04 Å². The second-order valence-electron chi connectivity index (χ2n) is 4.71. The van der Waals surface area contributed by atoms with Crippen LogP contribution in [0, 0.1) is 0 Å². The summed E-state index contributed by atoms with van der Waals surface area (Å²) >= 11 is 0. The quantitative estimate of drug-likeness (QED) is 0.879. The minimum absolute atomic E-state index is 0.234. The summed E-state index contributed by atoms with van der Waals surface area (Å²) in [5.74, 6) is -3.38. The molecule has 0 saturated heterocycles. The van der Waals surface area contributed by atoms with Gasteiger partial charge in [-0.3, -0.25) is 4.79 Å². The molecule has 0 amide bonds. The summed E-state index contributed by atoms with van der Waals surface area (Å²) < 4.78 is 1.13. The highest BCUT2D eigenvalue weighted by Gasteiger charge is 2.34. The Labute approximate surface area is 118 Å². The van der Waals surface area contributed by atoms with E-state index in [1.54, 1.807) is 24.3 Å². The summed E-state index contributed by atoms with van der Waals surface area (Å²) in [6.07, 6.45) is 1.42. The van der Waals surface area contributed by atoms with E-state index in [9.17, 15) is 14.4 Å². The molecule has 1 atom stereocenters. The van der Waals surface area contributed by atoms with Crippen molar-refractivity contribution in [3.63, 3.8) is 0 Å². The molecule has 1 aromatic carbocycles. The van der Waals surface area contributed by atoms with Crippen LogP contribution < -0.4 is 0 Å². The minimum Gasteiger partial charge on any atom is -0.476 e. The van der Waals surface area contributed by atoms with Crippen LogP contribution in [-0.2, 0) is 6.42 Å². The second-order valence-corrected chi connectivity index (χ2v) is 4.71. The zero-order valence-electron chi connectivity index (χ0n) is 10.7. The number of Topliss-reactive ketones (excluding diaryl/α,β-unsaturated/α-hetero) is 1. The molecule has 0 aliphatic heterocycles. The summed E-state index contributed by atoms with van der Waals surface area (Å²) in [7, 11) is 0. The van der Waals surface area contributed by atoms with Crippen LogP contribution in [-0.4, -0.2) is 37.5 Å². The fraction of sp³-hybridized carbons (Fsp3) is 0.143. The van der Waals surface area contributed by atoms with Crippen LogP contribution >= 0.6 is 0 Å². The number of hydrogen-bond acceptors (Lipinski definition) is 4. The van der Waals surface area contributed by atoms with E-state index >= 15 is 0 Å². The van der Waals surface area contributed by atoms with Crippen molar-refractivity contribution in [1.82, 2.24) is 9.55 Å². The van der Waals surface area contributed by atoms with Crippen LogP contribution in [0.3, 0.4) is 0 Å². The molecule has 0 radical (unpaired) electrons. The highest BCUT2D eigenvalue weighted by molar-refractivity contribution is 6.04. The third kappa shape index (κ3) is 1.99. The van der Waals surface area contributed by atoms with Crippen molar-refractivity contribution in [2.75, 3.05) is 0 Å². The summed E-state index contributed by atoms with van der Waals surface area (Å²) in [4.78, 5) is 38.1. The van der Waals surface area contributed by atoms with Crippen LogP contribution in [0.25, 0.3) is 0 Å². The lowest BCUT2D eigenvalue weighted by Gasteiger charge is -2.11. The Bertz CT molecular complexity index is 777. The molecule has 7 heteroatoms. The summed E-state index contributed by atoms with van der Waals surface area (Å²) in [6.45, 7) is 0. The molecule has 0 bridgehead atoms. The number of benzene rings is 1. The maximum atomic E-state index is 12.4. The highest BCUT2D eigenvalue weighted by Crippen LogP contribution is 2.31. The minimum atomic E-state index is -1.37. The first kappa shape index (κ1) is 13.0. The van der Waals surface area contributed by atoms with Crippen molar-refractivity contribution in [3.05, 3.63) is 53.1 Å². The summed E-state index contributed by atoms with van der Waals surface area (Å²) in [5, 5.41) is 18.1. The van der Waals surface area contributed by atoms with Gasteiger partial charge in [0.25, 0.3) is 0 Å². The maximum absolute atomic E-state index is 12.4. The first-order chi connectivity index (χ1) is 9.99. The lowest BCUT2D eigenvalue weighted by atomic mass is 10.1. The molecule has 1 aliphatic rings. The molecule has 1 aliphatic carbocycles. The zero-order valence-corrected chi connectivity index (χ0v) is 10.7. The first-order valence-electron chi connectivity index (χ1n) is 6.16. The van der Waals surface area contributed by atoms with Gasteiger partial charge in [-0.1, -0.05) is 24.3 Å². The number of aromatic carboxylic acids is 2. The fourth-order valence-electron chi connectivity index (χ4n) is 2.54. The van der Waals surface area contributed by atoms with Crippen molar-refractivity contribution < 1.29 is 24.6 Å². The van der Waals surface area contributed by atoms with Gasteiger partial charge in [0, 0.05) is 18.2 Å². The Hall–Kier alpha value is -2.96. The molecule has 2 aromatic rings. The molecule has 0 saturated carbocycles. The van der Waals surface area contributed by atoms with E-state index in [0.29, 0.717) is 12.0 Å². The lowest BCUT2D eigenvalue weighted by Crippen LogP contribution is -2.19. The molecule has 106 valence electrons. The predicted octanol–water partition coefficient (Wildman–Crippen LogP) is 1.26. The average Bonchev–Trinajstić information content (AvgIpc) is 3.01. The molecule has 1 unspecified atom stereocenters. The average molecular weight is 286 g/mol.